The maximum atomic E-state index is 13.6. The molecule has 1 aliphatic rings. The fourth-order valence-electron chi connectivity index (χ4n) is 4.38. The van der Waals surface area contributed by atoms with Crippen LogP contribution in [0.25, 0.3) is 22.0 Å². The monoisotopic (exact) mass is 472 g/mol. The lowest BCUT2D eigenvalue weighted by atomic mass is 9.99. The Morgan fingerprint density at radius 2 is 1.74 bits per heavy atom. The molecule has 35 heavy (non-hydrogen) atoms. The maximum Gasteiger partial charge on any atom is 0.323 e. The van der Waals surface area contributed by atoms with Crippen molar-refractivity contribution in [3.05, 3.63) is 83.8 Å². The highest BCUT2D eigenvalue weighted by Gasteiger charge is 2.26. The van der Waals surface area contributed by atoms with Crippen LogP contribution in [0.2, 0.25) is 0 Å². The molecule has 2 heterocycles. The number of rotatable bonds is 4. The van der Waals surface area contributed by atoms with E-state index in [1.54, 1.807) is 11.0 Å². The van der Waals surface area contributed by atoms with E-state index in [9.17, 15) is 14.0 Å². The van der Waals surface area contributed by atoms with Crippen LogP contribution < -0.4 is 10.6 Å². The molecule has 4 aromatic rings. The molecule has 0 radical (unpaired) electrons. The van der Waals surface area contributed by atoms with Crippen LogP contribution in [0.4, 0.5) is 20.6 Å². The number of urea groups is 1. The third-order valence-electron chi connectivity index (χ3n) is 5.96. The number of morpholine rings is 1. The highest BCUT2D eigenvalue weighted by atomic mass is 19.1. The predicted octanol–water partition coefficient (Wildman–Crippen LogP) is 5.40. The number of halogens is 1. The second-order valence-electron chi connectivity index (χ2n) is 8.47. The zero-order valence-electron chi connectivity index (χ0n) is 19.2. The molecule has 7 nitrogen and oxygen atoms in total. The van der Waals surface area contributed by atoms with Crippen molar-refractivity contribution in [2.45, 2.75) is 6.92 Å². The van der Waals surface area contributed by atoms with Gasteiger partial charge in [-0.3, -0.25) is 4.79 Å². The minimum atomic E-state index is -0.514. The first-order valence-electron chi connectivity index (χ1n) is 11.4. The Hall–Kier alpha value is -4.17. The zero-order chi connectivity index (χ0) is 24.4. The Morgan fingerprint density at radius 3 is 2.49 bits per heavy atom. The van der Waals surface area contributed by atoms with Gasteiger partial charge in [-0.2, -0.15) is 0 Å². The number of fused-ring (bicyclic) bond motifs is 1. The molecule has 0 spiro atoms. The molecular formula is C27H25FN4O3. The average Bonchev–Trinajstić information content (AvgIpc) is 3.24. The number of hydrogen-bond donors (Lipinski definition) is 3. The molecule has 0 unspecified atom stereocenters. The molecule has 5 rings (SSSR count). The van der Waals surface area contributed by atoms with Crippen molar-refractivity contribution in [2.24, 2.45) is 0 Å². The summed E-state index contributed by atoms with van der Waals surface area (Å²) in [6.45, 7) is 3.96. The summed E-state index contributed by atoms with van der Waals surface area (Å²) in [5.74, 6) is -0.556. The topological polar surface area (TPSA) is 86.5 Å². The third kappa shape index (κ3) is 4.74. The number of anilines is 2. The Bertz CT molecular complexity index is 1390. The van der Waals surface area contributed by atoms with Gasteiger partial charge in [-0.1, -0.05) is 36.4 Å². The van der Waals surface area contributed by atoms with Gasteiger partial charge in [-0.15, -0.1) is 0 Å². The molecule has 3 N–H and O–H groups in total. The summed E-state index contributed by atoms with van der Waals surface area (Å²) in [7, 11) is 0. The Balaban J connectivity index is 1.57. The van der Waals surface area contributed by atoms with E-state index in [2.05, 4.69) is 15.6 Å². The second-order valence-corrected chi connectivity index (χ2v) is 8.47. The van der Waals surface area contributed by atoms with Gasteiger partial charge in [0.25, 0.3) is 5.91 Å². The van der Waals surface area contributed by atoms with Crippen LogP contribution in [0, 0.1) is 12.7 Å². The lowest BCUT2D eigenvalue weighted by Gasteiger charge is -2.26. The molecule has 3 amide bonds. The largest absolute Gasteiger partial charge is 0.378 e. The van der Waals surface area contributed by atoms with Gasteiger partial charge in [-0.05, 0) is 48.4 Å². The molecule has 0 aliphatic carbocycles. The molecule has 1 fully saturated rings. The number of aromatic nitrogens is 1. The molecular weight excluding hydrogens is 447 g/mol. The highest BCUT2D eigenvalue weighted by molar-refractivity contribution is 6.14. The maximum absolute atomic E-state index is 13.6. The molecule has 0 bridgehead atoms. The lowest BCUT2D eigenvalue weighted by Crippen LogP contribution is -2.41. The first-order valence-corrected chi connectivity index (χ1v) is 11.4. The van der Waals surface area contributed by atoms with Crippen molar-refractivity contribution < 1.29 is 18.7 Å². The van der Waals surface area contributed by atoms with Crippen molar-refractivity contribution in [2.75, 3.05) is 36.9 Å². The van der Waals surface area contributed by atoms with Crippen LogP contribution in [-0.4, -0.2) is 48.1 Å². The molecule has 0 saturated carbocycles. The number of carbonyl (C=O) groups excluding carboxylic acids is 2. The van der Waals surface area contributed by atoms with Crippen LogP contribution >= 0.6 is 0 Å². The smallest absolute Gasteiger partial charge is 0.323 e. The van der Waals surface area contributed by atoms with Crippen LogP contribution in [0.1, 0.15) is 16.1 Å². The van der Waals surface area contributed by atoms with Crippen LogP contribution in [0.5, 0.6) is 0 Å². The fourth-order valence-corrected chi connectivity index (χ4v) is 4.38. The normalized spacial score (nSPS) is 13.6. The summed E-state index contributed by atoms with van der Waals surface area (Å²) in [6, 6.07) is 18.7. The fraction of sp³-hybridized carbons (Fsp3) is 0.185. The number of amides is 3. The van der Waals surface area contributed by atoms with Crippen molar-refractivity contribution >= 4 is 34.2 Å². The number of nitrogens with one attached hydrogen (secondary N) is 3. The van der Waals surface area contributed by atoms with Gasteiger partial charge in [-0.25, -0.2) is 9.18 Å². The number of nitrogens with zero attached hydrogens (tertiary/aromatic N) is 1. The Kier molecular flexibility index (Phi) is 6.20. The Labute approximate surface area is 201 Å². The molecule has 178 valence electrons. The molecule has 1 aromatic heterocycles. The zero-order valence-corrected chi connectivity index (χ0v) is 19.2. The highest BCUT2D eigenvalue weighted by Crippen LogP contribution is 2.37. The summed E-state index contributed by atoms with van der Waals surface area (Å²) in [4.78, 5) is 31.4. The van der Waals surface area contributed by atoms with Gasteiger partial charge < -0.3 is 25.3 Å². The van der Waals surface area contributed by atoms with E-state index in [0.29, 0.717) is 48.9 Å². The van der Waals surface area contributed by atoms with E-state index in [1.807, 2.05) is 49.4 Å². The third-order valence-corrected chi connectivity index (χ3v) is 5.96. The number of aryl methyl sites for hydroxylation is 1. The number of ether oxygens (including phenoxy) is 1. The van der Waals surface area contributed by atoms with Crippen molar-refractivity contribution in [1.29, 1.82) is 0 Å². The standard InChI is InChI=1S/C27H25FN4O3/c1-17-14-21-23(18-6-3-2-4-7-18)25(26(33)32-10-12-35-13-11-32)31-24(21)22(15-17)30-27(34)29-20-9-5-8-19(28)16-20/h2-9,14-16,31H,10-13H2,1H3,(H2,29,30,34). The minimum Gasteiger partial charge on any atom is -0.378 e. The van der Waals surface area contributed by atoms with E-state index in [4.69, 9.17) is 4.74 Å². The van der Waals surface area contributed by atoms with Gasteiger partial charge in [0.15, 0.2) is 0 Å². The van der Waals surface area contributed by atoms with Crippen LogP contribution in [-0.2, 0) is 4.74 Å². The van der Waals surface area contributed by atoms with Crippen LogP contribution in [0.3, 0.4) is 0 Å². The molecule has 0 atom stereocenters. The summed E-state index contributed by atoms with van der Waals surface area (Å²) < 4.78 is 18.9. The van der Waals surface area contributed by atoms with Crippen molar-refractivity contribution in [3.63, 3.8) is 0 Å². The quantitative estimate of drug-likeness (QED) is 0.372. The van der Waals surface area contributed by atoms with E-state index in [1.165, 1.54) is 18.2 Å². The van der Waals surface area contributed by atoms with Gasteiger partial charge >= 0.3 is 6.03 Å². The van der Waals surface area contributed by atoms with E-state index >= 15 is 0 Å². The van der Waals surface area contributed by atoms with Crippen molar-refractivity contribution in [3.8, 4) is 11.1 Å². The summed E-state index contributed by atoms with van der Waals surface area (Å²) in [6.07, 6.45) is 0. The number of H-pyrrole nitrogens is 1. The predicted molar refractivity (Wildman–Crippen MR) is 134 cm³/mol. The van der Waals surface area contributed by atoms with E-state index in [-0.39, 0.29) is 5.91 Å². The minimum absolute atomic E-state index is 0.115. The number of carbonyl (C=O) groups is 2. The molecule has 8 heteroatoms. The average molecular weight is 473 g/mol. The van der Waals surface area contributed by atoms with E-state index in [0.717, 1.165) is 22.1 Å². The number of aromatic amines is 1. The first-order chi connectivity index (χ1) is 17.0. The SMILES string of the molecule is Cc1cc(NC(=O)Nc2cccc(F)c2)c2[nH]c(C(=O)N3CCOCC3)c(-c3ccccc3)c2c1. The summed E-state index contributed by atoms with van der Waals surface area (Å²) in [5.41, 5.74) is 4.57. The Morgan fingerprint density at radius 1 is 0.971 bits per heavy atom. The van der Waals surface area contributed by atoms with Crippen molar-refractivity contribution in [1.82, 2.24) is 9.88 Å². The van der Waals surface area contributed by atoms with Gasteiger partial charge in [0.05, 0.1) is 24.4 Å². The molecule has 1 saturated heterocycles. The second kappa shape index (κ2) is 9.60. The van der Waals surface area contributed by atoms with Crippen LogP contribution in [0.15, 0.2) is 66.7 Å². The van der Waals surface area contributed by atoms with E-state index < -0.39 is 11.8 Å². The molecule has 3 aromatic carbocycles. The summed E-state index contributed by atoms with van der Waals surface area (Å²) in [5, 5.41) is 6.33. The van der Waals surface area contributed by atoms with Gasteiger partial charge in [0.1, 0.15) is 11.5 Å². The number of benzene rings is 3. The summed E-state index contributed by atoms with van der Waals surface area (Å²) >= 11 is 0. The first kappa shape index (κ1) is 22.6. The lowest BCUT2D eigenvalue weighted by molar-refractivity contribution is 0.0300. The number of hydrogen-bond acceptors (Lipinski definition) is 3. The van der Waals surface area contributed by atoms with Gasteiger partial charge in [0.2, 0.25) is 0 Å². The van der Waals surface area contributed by atoms with Gasteiger partial charge in [0, 0.05) is 29.7 Å². The molecule has 1 aliphatic heterocycles.